The normalized spacial score (nSPS) is 18.7. The number of ether oxygens (including phenoxy) is 1. The van der Waals surface area contributed by atoms with Gasteiger partial charge in [0.1, 0.15) is 15.6 Å². The first-order valence-corrected chi connectivity index (χ1v) is 15.2. The summed E-state index contributed by atoms with van der Waals surface area (Å²) in [4.78, 5) is 13.0. The van der Waals surface area contributed by atoms with E-state index in [2.05, 4.69) is 15.2 Å². The van der Waals surface area contributed by atoms with E-state index >= 15 is 0 Å². The molecule has 1 aromatic heterocycles. The number of nitrogens with one attached hydrogen (secondary N) is 1. The Hall–Kier alpha value is -2.41. The summed E-state index contributed by atoms with van der Waals surface area (Å²) < 4.78 is 96.4. The van der Waals surface area contributed by atoms with Gasteiger partial charge in [0, 0.05) is 24.9 Å². The van der Waals surface area contributed by atoms with E-state index in [1.54, 1.807) is 6.92 Å². The van der Waals surface area contributed by atoms with Gasteiger partial charge < -0.3 is 10.1 Å². The molecule has 1 fully saturated rings. The summed E-state index contributed by atoms with van der Waals surface area (Å²) in [7, 11) is -3.11. The Bertz CT molecular complexity index is 1320. The molecule has 40 heavy (non-hydrogen) atoms. The lowest BCUT2D eigenvalue weighted by Crippen LogP contribution is -2.34. The van der Waals surface area contributed by atoms with Crippen molar-refractivity contribution in [2.75, 3.05) is 12.8 Å². The van der Waals surface area contributed by atoms with Gasteiger partial charge in [0.25, 0.3) is 5.91 Å². The van der Waals surface area contributed by atoms with Crippen LogP contribution in [0.3, 0.4) is 0 Å². The van der Waals surface area contributed by atoms with E-state index in [1.165, 1.54) is 23.1 Å². The van der Waals surface area contributed by atoms with E-state index in [4.69, 9.17) is 11.6 Å². The summed E-state index contributed by atoms with van der Waals surface area (Å²) in [6, 6.07) is 3.82. The molecule has 1 heterocycles. The minimum absolute atomic E-state index is 0.0476. The minimum atomic E-state index is -4.52. The summed E-state index contributed by atoms with van der Waals surface area (Å²) in [5.41, 5.74) is -1.97. The van der Waals surface area contributed by atoms with Crippen LogP contribution in [-0.2, 0) is 22.8 Å². The van der Waals surface area contributed by atoms with Gasteiger partial charge in [0.15, 0.2) is 5.69 Å². The molecule has 0 aliphatic heterocycles. The number of carbonyl (C=O) groups is 1. The Balaban J connectivity index is 1.86. The van der Waals surface area contributed by atoms with Crippen LogP contribution in [0.2, 0.25) is 5.02 Å². The lowest BCUT2D eigenvalue weighted by Gasteiger charge is -2.28. The number of nitrogens with zero attached hydrogens (tertiary/aromatic N) is 2. The number of aryl methyl sites for hydroxylation is 1. The zero-order valence-corrected chi connectivity index (χ0v) is 24.2. The van der Waals surface area contributed by atoms with Crippen LogP contribution in [0.4, 0.5) is 22.0 Å². The molecule has 1 aromatic carbocycles. The van der Waals surface area contributed by atoms with E-state index < -0.39 is 46.1 Å². The zero-order valence-electron chi connectivity index (χ0n) is 22.6. The maximum atomic E-state index is 13.4. The predicted molar refractivity (Wildman–Crippen MR) is 141 cm³/mol. The molecule has 1 aliphatic rings. The Morgan fingerprint density at radius 1 is 1.20 bits per heavy atom. The minimum Gasteiger partial charge on any atom is -0.434 e. The van der Waals surface area contributed by atoms with Crippen LogP contribution in [0.5, 0.6) is 5.75 Å². The van der Waals surface area contributed by atoms with Gasteiger partial charge in [-0.15, -0.1) is 0 Å². The summed E-state index contributed by atoms with van der Waals surface area (Å²) in [6.45, 7) is 0.947. The SMILES string of the molecule is CCn1nc(C(=O)NC[C@H]2CC[C@H](S(C)(=O)=O)CC2)c(Cl)c1-c1ccc(CC(C)(C)C(F)(F)F)cc1OC(F)F. The molecule has 224 valence electrons. The second-order valence-electron chi connectivity index (χ2n) is 10.8. The van der Waals surface area contributed by atoms with E-state index in [1.807, 2.05) is 0 Å². The second kappa shape index (κ2) is 12.2. The number of benzene rings is 1. The number of hydrogen-bond acceptors (Lipinski definition) is 5. The number of amides is 1. The van der Waals surface area contributed by atoms with Gasteiger partial charge in [-0.25, -0.2) is 8.42 Å². The quantitative estimate of drug-likeness (QED) is 0.318. The van der Waals surface area contributed by atoms with Gasteiger partial charge in [-0.2, -0.15) is 27.1 Å². The number of rotatable bonds is 10. The van der Waals surface area contributed by atoms with E-state index in [0.29, 0.717) is 25.7 Å². The first kappa shape index (κ1) is 32.1. The third-order valence-corrected chi connectivity index (χ3v) is 9.33. The molecule has 7 nitrogen and oxygen atoms in total. The Kier molecular flexibility index (Phi) is 9.81. The molecule has 0 atom stereocenters. The highest BCUT2D eigenvalue weighted by atomic mass is 35.5. The number of aromatic nitrogens is 2. The fraction of sp³-hybridized carbons (Fsp3) is 0.615. The number of alkyl halides is 5. The van der Waals surface area contributed by atoms with Crippen molar-refractivity contribution >= 4 is 27.3 Å². The maximum absolute atomic E-state index is 13.4. The molecule has 3 rings (SSSR count). The van der Waals surface area contributed by atoms with Gasteiger partial charge >= 0.3 is 12.8 Å². The summed E-state index contributed by atoms with van der Waals surface area (Å²) in [5.74, 6) is -0.909. The molecular weight excluding hydrogens is 581 g/mol. The lowest BCUT2D eigenvalue weighted by molar-refractivity contribution is -0.211. The first-order chi connectivity index (χ1) is 18.4. The number of sulfone groups is 1. The Labute approximate surface area is 235 Å². The molecule has 0 radical (unpaired) electrons. The third kappa shape index (κ3) is 7.45. The molecule has 1 N–H and O–H groups in total. The van der Waals surface area contributed by atoms with Crippen LogP contribution >= 0.6 is 11.6 Å². The van der Waals surface area contributed by atoms with Crippen molar-refractivity contribution in [2.45, 2.75) is 77.5 Å². The van der Waals surface area contributed by atoms with Gasteiger partial charge in [-0.3, -0.25) is 9.48 Å². The van der Waals surface area contributed by atoms with Gasteiger partial charge in [-0.05, 0) is 62.6 Å². The predicted octanol–water partition coefficient (Wildman–Crippen LogP) is 6.29. The topological polar surface area (TPSA) is 90.3 Å². The van der Waals surface area contributed by atoms with Crippen LogP contribution in [0.1, 0.15) is 62.5 Å². The third-order valence-electron chi connectivity index (χ3n) is 7.29. The zero-order chi connectivity index (χ0) is 30.0. The van der Waals surface area contributed by atoms with Crippen molar-refractivity contribution < 1.29 is 39.9 Å². The number of hydrogen-bond donors (Lipinski definition) is 1. The summed E-state index contributed by atoms with van der Waals surface area (Å²) >= 11 is 6.54. The Morgan fingerprint density at radius 3 is 2.35 bits per heavy atom. The monoisotopic (exact) mass is 613 g/mol. The maximum Gasteiger partial charge on any atom is 0.394 e. The van der Waals surface area contributed by atoms with Crippen molar-refractivity contribution in [3.8, 4) is 17.0 Å². The van der Waals surface area contributed by atoms with E-state index in [-0.39, 0.29) is 51.8 Å². The molecule has 0 saturated heterocycles. The standard InChI is InChI=1S/C26H33ClF5N3O4S/c1-5-35-22(18-11-8-16(12-19(18)39-24(28)29)13-25(2,3)26(30,31)32)20(27)21(34-35)23(36)33-14-15-6-9-17(10-7-15)40(4,37)38/h8,11-12,15,17,24H,5-7,9-10,13-14H2,1-4H3,(H,33,36)/t15-,17-. The van der Waals surface area contributed by atoms with E-state index in [9.17, 15) is 35.2 Å². The van der Waals surface area contributed by atoms with E-state index in [0.717, 1.165) is 19.9 Å². The highest BCUT2D eigenvalue weighted by Gasteiger charge is 2.47. The lowest BCUT2D eigenvalue weighted by atomic mass is 9.84. The van der Waals surface area contributed by atoms with Crippen LogP contribution in [0.15, 0.2) is 18.2 Å². The first-order valence-electron chi connectivity index (χ1n) is 12.8. The highest BCUT2D eigenvalue weighted by Crippen LogP contribution is 2.43. The fourth-order valence-electron chi connectivity index (χ4n) is 4.83. The van der Waals surface area contributed by atoms with Crippen LogP contribution in [-0.4, -0.2) is 54.9 Å². The number of halogens is 6. The molecule has 1 saturated carbocycles. The average molecular weight is 614 g/mol. The molecule has 1 amide bonds. The smallest absolute Gasteiger partial charge is 0.394 e. The molecule has 1 aliphatic carbocycles. The van der Waals surface area contributed by atoms with Crippen molar-refractivity contribution in [3.63, 3.8) is 0 Å². The molecular formula is C26H33ClF5N3O4S. The summed E-state index contributed by atoms with van der Waals surface area (Å²) in [5, 5.41) is 6.51. The fourth-order valence-corrected chi connectivity index (χ4v) is 6.28. The molecule has 0 unspecified atom stereocenters. The van der Waals surface area contributed by atoms with Gasteiger partial charge in [-0.1, -0.05) is 31.5 Å². The molecule has 0 spiro atoms. The van der Waals surface area contributed by atoms with Crippen LogP contribution in [0.25, 0.3) is 11.3 Å². The molecule has 0 bridgehead atoms. The van der Waals surface area contributed by atoms with Crippen molar-refractivity contribution in [1.29, 1.82) is 0 Å². The molecule has 2 aromatic rings. The highest BCUT2D eigenvalue weighted by molar-refractivity contribution is 7.91. The van der Waals surface area contributed by atoms with Crippen LogP contribution in [0, 0.1) is 11.3 Å². The van der Waals surface area contributed by atoms with Crippen molar-refractivity contribution in [3.05, 3.63) is 34.5 Å². The van der Waals surface area contributed by atoms with Gasteiger partial charge in [0.2, 0.25) is 0 Å². The van der Waals surface area contributed by atoms with Gasteiger partial charge in [0.05, 0.1) is 21.4 Å². The number of carbonyl (C=O) groups excluding carboxylic acids is 1. The second-order valence-corrected chi connectivity index (χ2v) is 13.5. The molecule has 14 heteroatoms. The van der Waals surface area contributed by atoms with Crippen molar-refractivity contribution in [2.24, 2.45) is 11.3 Å². The van der Waals surface area contributed by atoms with Crippen molar-refractivity contribution in [1.82, 2.24) is 15.1 Å². The summed E-state index contributed by atoms with van der Waals surface area (Å²) in [6.07, 6.45) is -1.49. The van der Waals surface area contributed by atoms with Crippen LogP contribution < -0.4 is 10.1 Å². The Morgan fingerprint density at radius 2 is 1.82 bits per heavy atom. The largest absolute Gasteiger partial charge is 0.434 e. The average Bonchev–Trinajstić information content (AvgIpc) is 3.17.